The number of rotatable bonds is 23. The van der Waals surface area contributed by atoms with Gasteiger partial charge in [0.1, 0.15) is 34.1 Å². The molecule has 1 amide bonds. The first-order valence-electron chi connectivity index (χ1n) is 25.9. The number of esters is 3. The van der Waals surface area contributed by atoms with Gasteiger partial charge < -0.3 is 44.8 Å². The number of methoxy groups -OCH3 is 2. The van der Waals surface area contributed by atoms with Gasteiger partial charge in [-0.1, -0.05) is 10.4 Å². The van der Waals surface area contributed by atoms with Crippen LogP contribution in [0.4, 0.5) is 22.1 Å². The predicted molar refractivity (Wildman–Crippen MR) is 298 cm³/mol. The van der Waals surface area contributed by atoms with Crippen LogP contribution in [0.5, 0.6) is 11.5 Å². The molecule has 8 rings (SSSR count). The minimum absolute atomic E-state index is 0.115. The van der Waals surface area contributed by atoms with E-state index in [1.807, 2.05) is 90.1 Å². The molecule has 0 spiro atoms. The number of nitrogens with one attached hydrogen (secondary N) is 2. The molecule has 0 bridgehead atoms. The van der Waals surface area contributed by atoms with Crippen molar-refractivity contribution in [1.29, 1.82) is 0 Å². The molecule has 27 nitrogen and oxygen atoms in total. The van der Waals surface area contributed by atoms with Gasteiger partial charge in [-0.3, -0.25) is 23.7 Å². The molecule has 4 N–H and O–H groups in total. The lowest BCUT2D eigenvalue weighted by Gasteiger charge is -2.19. The molecule has 0 aliphatic carbocycles. The van der Waals surface area contributed by atoms with E-state index in [1.54, 1.807) is 45.0 Å². The summed E-state index contributed by atoms with van der Waals surface area (Å²) in [5.74, 6) is 1.20. The quantitative estimate of drug-likeness (QED) is 0.0183. The molecular weight excluding hydrogens is 1070 g/mol. The van der Waals surface area contributed by atoms with Gasteiger partial charge in [0.15, 0.2) is 22.3 Å². The number of aromatic nitrogens is 14. The maximum Gasteiger partial charge on any atom is 0.407 e. The third-order valence-corrected chi connectivity index (χ3v) is 11.0. The summed E-state index contributed by atoms with van der Waals surface area (Å²) in [4.78, 5) is 62.5. The number of halogens is 1. The van der Waals surface area contributed by atoms with E-state index in [0.717, 1.165) is 55.0 Å². The van der Waals surface area contributed by atoms with Gasteiger partial charge in [0.2, 0.25) is 11.2 Å². The lowest BCUT2D eigenvalue weighted by molar-refractivity contribution is -0.155. The number of aryl methyl sites for hydroxylation is 2. The molecule has 28 heteroatoms. The second-order valence-corrected chi connectivity index (χ2v) is 20.1. The molecule has 0 saturated carbocycles. The second-order valence-electron chi connectivity index (χ2n) is 19.8. The lowest BCUT2D eigenvalue weighted by Crippen LogP contribution is -2.33. The number of hydrogen-bond donors (Lipinski definition) is 3. The zero-order valence-electron chi connectivity index (χ0n) is 46.6. The number of nitrogens with two attached hydrogens (primary N) is 1. The highest BCUT2D eigenvalue weighted by atomic mass is 35.5. The molecule has 81 heavy (non-hydrogen) atoms. The first-order valence-corrected chi connectivity index (χ1v) is 26.3. The maximum absolute atomic E-state index is 11.7. The van der Waals surface area contributed by atoms with Crippen LogP contribution in [0.25, 0.3) is 33.7 Å². The molecule has 0 atom stereocenters. The Labute approximate surface area is 472 Å². The molecule has 0 unspecified atom stereocenters. The number of fused-ring (bicyclic) bond motifs is 2. The molecule has 8 aromatic rings. The maximum atomic E-state index is 11.7. The van der Waals surface area contributed by atoms with Crippen LogP contribution in [0.2, 0.25) is 5.28 Å². The van der Waals surface area contributed by atoms with Crippen molar-refractivity contribution in [1.82, 2.24) is 74.8 Å². The van der Waals surface area contributed by atoms with Crippen molar-refractivity contribution in [2.24, 2.45) is 0 Å². The summed E-state index contributed by atoms with van der Waals surface area (Å²) >= 11 is 5.78. The van der Waals surface area contributed by atoms with Crippen LogP contribution >= 0.6 is 11.6 Å². The highest BCUT2D eigenvalue weighted by Crippen LogP contribution is 2.22. The summed E-state index contributed by atoms with van der Waals surface area (Å²) in [6.45, 7) is 13.6. The molecule has 2 aromatic carbocycles. The lowest BCUT2D eigenvalue weighted by atomic mass is 10.1. The van der Waals surface area contributed by atoms with E-state index in [1.165, 1.54) is 25.1 Å². The minimum Gasteiger partial charge on any atom is -0.494 e. The summed E-state index contributed by atoms with van der Waals surface area (Å²) < 4.78 is 37.4. The average Bonchev–Trinajstić information content (AvgIpc) is 4.48. The van der Waals surface area contributed by atoms with E-state index in [4.69, 9.17) is 36.3 Å². The molecule has 6 heterocycles. The molecule has 6 aromatic heterocycles. The molecule has 432 valence electrons. The minimum atomic E-state index is -0.507. The molecule has 0 fully saturated rings. The Morgan fingerprint density at radius 1 is 0.605 bits per heavy atom. The van der Waals surface area contributed by atoms with Crippen molar-refractivity contribution in [3.63, 3.8) is 0 Å². The number of carbonyl (C=O) groups excluding carboxylic acids is 4. The number of ether oxygens (including phenoxy) is 6. The number of carbonyl (C=O) groups is 4. The van der Waals surface area contributed by atoms with E-state index >= 15 is 0 Å². The monoisotopic (exact) mass is 1140 g/mol. The number of anilines is 3. The Kier molecular flexibility index (Phi) is 22.5. The summed E-state index contributed by atoms with van der Waals surface area (Å²) in [5.41, 5.74) is 9.57. The normalized spacial score (nSPS) is 11.2. The topological polar surface area (TPSA) is 322 Å². The van der Waals surface area contributed by atoms with Crippen molar-refractivity contribution in [3.05, 3.63) is 91.0 Å². The summed E-state index contributed by atoms with van der Waals surface area (Å²) in [6.07, 6.45) is 14.6. The molecular formula is C53H68ClN17O10. The van der Waals surface area contributed by atoms with Crippen LogP contribution in [0.15, 0.2) is 85.7 Å². The van der Waals surface area contributed by atoms with Crippen LogP contribution in [-0.4, -0.2) is 139 Å². The van der Waals surface area contributed by atoms with E-state index in [9.17, 15) is 19.2 Å². The SMILES string of the molecule is CC(C)(C)OC(=O)CCCCCOc1ccc(N)cc1.COC(=O)CCn1cc(-n2nnc3cnc(Cl)nc32)cn1.COC(=O)CCn1cc(-n2nnc3cnc(Nc4ccc(OCCCCNC(=O)OC(C)(C)C)cc4)nc32)cn1. The Hall–Kier alpha value is -9.01. The van der Waals surface area contributed by atoms with Crippen LogP contribution in [-0.2, 0) is 46.4 Å². The molecule has 0 saturated heterocycles. The van der Waals surface area contributed by atoms with Crippen LogP contribution in [0, 0.1) is 0 Å². The number of amides is 1. The van der Waals surface area contributed by atoms with Crippen molar-refractivity contribution in [2.75, 3.05) is 45.0 Å². The zero-order valence-corrected chi connectivity index (χ0v) is 47.3. The van der Waals surface area contributed by atoms with Crippen LogP contribution < -0.4 is 25.8 Å². The Balaban J connectivity index is 0.000000216. The molecule has 0 radical (unpaired) electrons. The smallest absolute Gasteiger partial charge is 0.407 e. The standard InChI is InChI=1S/C26H33N9O5.C16H25NO3.C11H10ClN7O2/c1-26(2,3)40-25(37)27-12-5-6-14-39-20-9-7-18(8-10-20)30-24-28-16-21-23(31-24)35(33-32-21)19-15-29-34(17-19)13-11-22(36)38-4;1-16(2,3)20-15(18)7-5-4-6-12-19-14-10-8-13(17)9-11-14;1-21-9(20)2-3-18-6-7(4-14-18)19-10-8(16-17-19)5-13-11(12)15-10/h7-10,15-17H,5-6,11-14H2,1-4H3,(H,27,37)(H,28,30,31);8-11H,4-7,12,17H2,1-3H3;4-6H,2-3H2,1H3. The number of unbranched alkanes of at least 4 members (excludes halogenated alkanes) is 3. The van der Waals surface area contributed by atoms with Crippen LogP contribution in [0.1, 0.15) is 92.9 Å². The van der Waals surface area contributed by atoms with Crippen molar-refractivity contribution < 1.29 is 47.6 Å². The van der Waals surface area contributed by atoms with Gasteiger partial charge in [-0.15, -0.1) is 10.2 Å². The average molecular weight is 1140 g/mol. The fourth-order valence-corrected chi connectivity index (χ4v) is 7.14. The van der Waals surface area contributed by atoms with Crippen molar-refractivity contribution in [3.8, 4) is 22.9 Å². The summed E-state index contributed by atoms with van der Waals surface area (Å²) in [7, 11) is 2.70. The Morgan fingerprint density at radius 3 is 1.67 bits per heavy atom. The van der Waals surface area contributed by atoms with Gasteiger partial charge in [-0.25, -0.2) is 14.8 Å². The Morgan fingerprint density at radius 2 is 1.12 bits per heavy atom. The zero-order chi connectivity index (χ0) is 58.4. The first kappa shape index (κ1) is 61.2. The summed E-state index contributed by atoms with van der Waals surface area (Å²) in [5, 5.41) is 30.7. The van der Waals surface area contributed by atoms with E-state index in [0.29, 0.717) is 78.9 Å². The third-order valence-electron chi connectivity index (χ3n) is 10.8. The third kappa shape index (κ3) is 21.0. The number of alkyl carbamates (subject to hydrolysis) is 1. The fourth-order valence-electron chi connectivity index (χ4n) is 7.01. The fraction of sp³-hybridized carbons (Fsp3) is 0.434. The number of nitrogens with zero attached hydrogens (tertiary/aromatic N) is 14. The van der Waals surface area contributed by atoms with Crippen molar-refractivity contribution in [2.45, 2.75) is 117 Å². The van der Waals surface area contributed by atoms with Gasteiger partial charge in [0.25, 0.3) is 0 Å². The van der Waals surface area contributed by atoms with E-state index < -0.39 is 17.3 Å². The van der Waals surface area contributed by atoms with Crippen LogP contribution in [0.3, 0.4) is 0 Å². The molecule has 0 aliphatic rings. The second kappa shape index (κ2) is 29.8. The van der Waals surface area contributed by atoms with Crippen molar-refractivity contribution >= 4 is 75.3 Å². The first-order chi connectivity index (χ1) is 38.7. The van der Waals surface area contributed by atoms with Gasteiger partial charge >= 0.3 is 24.0 Å². The number of hydrogen-bond acceptors (Lipinski definition) is 22. The van der Waals surface area contributed by atoms with Gasteiger partial charge in [-0.2, -0.15) is 29.5 Å². The Bertz CT molecular complexity index is 3280. The largest absolute Gasteiger partial charge is 0.494 e. The van der Waals surface area contributed by atoms with E-state index in [-0.39, 0.29) is 36.0 Å². The van der Waals surface area contributed by atoms with E-state index in [2.05, 4.69) is 70.9 Å². The highest BCUT2D eigenvalue weighted by Gasteiger charge is 2.18. The number of nitrogen functional groups attached to an aromatic ring is 1. The number of benzene rings is 2. The van der Waals surface area contributed by atoms with Gasteiger partial charge in [0, 0.05) is 24.3 Å². The predicted octanol–water partition coefficient (Wildman–Crippen LogP) is 7.57. The summed E-state index contributed by atoms with van der Waals surface area (Å²) in [6, 6.07) is 14.8. The van der Waals surface area contributed by atoms with Gasteiger partial charge in [-0.05, 0) is 134 Å². The molecule has 0 aliphatic heterocycles. The highest BCUT2D eigenvalue weighted by molar-refractivity contribution is 6.28. The van der Waals surface area contributed by atoms with Gasteiger partial charge in [0.05, 0.1) is 90.5 Å².